The topological polar surface area (TPSA) is 83.8 Å². The van der Waals surface area contributed by atoms with Gasteiger partial charge in [0, 0.05) is 6.20 Å². The van der Waals surface area contributed by atoms with Gasteiger partial charge in [-0.25, -0.2) is 10.8 Å². The number of hydrogen-bond acceptors (Lipinski definition) is 4. The van der Waals surface area contributed by atoms with Crippen LogP contribution >= 0.6 is 11.6 Å². The van der Waals surface area contributed by atoms with Crippen molar-refractivity contribution in [2.45, 2.75) is 7.43 Å². The molecule has 2 aromatic heterocycles. The summed E-state index contributed by atoms with van der Waals surface area (Å²) in [6.45, 7) is 0. The van der Waals surface area contributed by atoms with E-state index in [0.717, 1.165) is 0 Å². The predicted octanol–water partition coefficient (Wildman–Crippen LogP) is 1.50. The van der Waals surface area contributed by atoms with Crippen LogP contribution in [0.3, 0.4) is 0 Å². The molecule has 2 heterocycles. The van der Waals surface area contributed by atoms with Gasteiger partial charge < -0.3 is 10.4 Å². The largest absolute Gasteiger partial charge is 0.328 e. The van der Waals surface area contributed by atoms with Crippen molar-refractivity contribution in [1.82, 2.24) is 9.97 Å². The summed E-state index contributed by atoms with van der Waals surface area (Å²) in [7, 11) is 0. The maximum atomic E-state index is 11.4. The fourth-order valence-corrected chi connectivity index (χ4v) is 1.49. The van der Waals surface area contributed by atoms with E-state index in [-0.39, 0.29) is 24.0 Å². The van der Waals surface area contributed by atoms with E-state index in [4.69, 9.17) is 17.4 Å². The number of nitrogens with one attached hydrogen (secondary N) is 2. The van der Waals surface area contributed by atoms with Gasteiger partial charge in [-0.2, -0.15) is 0 Å². The van der Waals surface area contributed by atoms with Crippen molar-refractivity contribution in [3.05, 3.63) is 33.8 Å². The van der Waals surface area contributed by atoms with Crippen LogP contribution in [0, 0.1) is 0 Å². The number of rotatable bonds is 1. The maximum Gasteiger partial charge on any atom is 0.259 e. The standard InChI is InChI=1S/C8H7ClN4O.CH4/c9-5-3-4-1-2-11-8(14)6(4)7(12-5)13-10;/h1-3H,10H2,(H,11,14)(H,12,13);1H4. The van der Waals surface area contributed by atoms with Crippen LogP contribution in [0.4, 0.5) is 5.82 Å². The molecule has 0 saturated carbocycles. The van der Waals surface area contributed by atoms with Crippen molar-refractivity contribution in [3.8, 4) is 0 Å². The number of fused-ring (bicyclic) bond motifs is 1. The summed E-state index contributed by atoms with van der Waals surface area (Å²) in [6.07, 6.45) is 1.54. The first kappa shape index (κ1) is 11.5. The van der Waals surface area contributed by atoms with Gasteiger partial charge in [0.25, 0.3) is 5.56 Å². The van der Waals surface area contributed by atoms with Gasteiger partial charge in [0.05, 0.1) is 5.39 Å². The number of nitrogens with zero attached hydrogens (tertiary/aromatic N) is 1. The van der Waals surface area contributed by atoms with Crippen LogP contribution in [0.5, 0.6) is 0 Å². The molecule has 2 aromatic rings. The molecule has 0 aromatic carbocycles. The summed E-state index contributed by atoms with van der Waals surface area (Å²) < 4.78 is 0. The number of hydrogen-bond donors (Lipinski definition) is 3. The number of halogens is 1. The van der Waals surface area contributed by atoms with Gasteiger partial charge in [-0.3, -0.25) is 4.79 Å². The minimum Gasteiger partial charge on any atom is -0.328 e. The SMILES string of the molecule is C.NNc1nc(Cl)cc2cc[nH]c(=O)c12. The molecule has 0 atom stereocenters. The second-order valence-corrected chi connectivity index (χ2v) is 3.10. The van der Waals surface area contributed by atoms with Gasteiger partial charge in [0.1, 0.15) is 5.15 Å². The number of aromatic nitrogens is 2. The number of nitrogens with two attached hydrogens (primary N) is 1. The maximum absolute atomic E-state index is 11.4. The van der Waals surface area contributed by atoms with E-state index >= 15 is 0 Å². The van der Waals surface area contributed by atoms with Crippen molar-refractivity contribution in [2.75, 3.05) is 5.43 Å². The molecule has 2 rings (SSSR count). The number of pyridine rings is 2. The zero-order valence-electron chi connectivity index (χ0n) is 7.04. The molecular formula is C9H11ClN4O. The summed E-state index contributed by atoms with van der Waals surface area (Å²) in [4.78, 5) is 17.9. The number of nitrogen functional groups attached to an aromatic ring is 1. The lowest BCUT2D eigenvalue weighted by Crippen LogP contribution is -2.14. The molecule has 15 heavy (non-hydrogen) atoms. The van der Waals surface area contributed by atoms with E-state index < -0.39 is 0 Å². The summed E-state index contributed by atoms with van der Waals surface area (Å²) in [5, 5.41) is 1.39. The third kappa shape index (κ3) is 1.93. The third-order valence-corrected chi connectivity index (χ3v) is 2.05. The Morgan fingerprint density at radius 3 is 2.93 bits per heavy atom. The molecule has 0 spiro atoms. The summed E-state index contributed by atoms with van der Waals surface area (Å²) >= 11 is 5.74. The van der Waals surface area contributed by atoms with Crippen LogP contribution in [0.25, 0.3) is 10.8 Å². The van der Waals surface area contributed by atoms with E-state index in [9.17, 15) is 4.79 Å². The quantitative estimate of drug-likeness (QED) is 0.391. The van der Waals surface area contributed by atoms with E-state index in [1.54, 1.807) is 18.3 Å². The molecule has 6 heteroatoms. The van der Waals surface area contributed by atoms with E-state index in [1.807, 2.05) is 0 Å². The smallest absolute Gasteiger partial charge is 0.259 e. The Morgan fingerprint density at radius 2 is 2.27 bits per heavy atom. The Kier molecular flexibility index (Phi) is 3.28. The average Bonchev–Trinajstić information content (AvgIpc) is 2.16. The van der Waals surface area contributed by atoms with Crippen LogP contribution in [-0.4, -0.2) is 9.97 Å². The van der Waals surface area contributed by atoms with Crippen molar-refractivity contribution >= 4 is 28.2 Å². The lowest BCUT2D eigenvalue weighted by atomic mass is 10.2. The third-order valence-electron chi connectivity index (χ3n) is 1.86. The van der Waals surface area contributed by atoms with Gasteiger partial charge >= 0.3 is 0 Å². The predicted molar refractivity (Wildman–Crippen MR) is 61.9 cm³/mol. The van der Waals surface area contributed by atoms with Gasteiger partial charge in [-0.15, -0.1) is 0 Å². The Morgan fingerprint density at radius 1 is 1.53 bits per heavy atom. The first-order valence-corrected chi connectivity index (χ1v) is 4.24. The van der Waals surface area contributed by atoms with E-state index in [0.29, 0.717) is 10.8 Å². The molecule has 0 amide bonds. The first-order chi connectivity index (χ1) is 6.72. The second-order valence-electron chi connectivity index (χ2n) is 2.71. The summed E-state index contributed by atoms with van der Waals surface area (Å²) in [5.41, 5.74) is 2.09. The molecule has 0 aliphatic heterocycles. The van der Waals surface area contributed by atoms with Crippen molar-refractivity contribution < 1.29 is 0 Å². The van der Waals surface area contributed by atoms with Crippen molar-refractivity contribution in [3.63, 3.8) is 0 Å². The van der Waals surface area contributed by atoms with E-state index in [1.165, 1.54) is 0 Å². The molecule has 0 aliphatic carbocycles. The zero-order chi connectivity index (χ0) is 10.1. The Hall–Kier alpha value is -1.59. The molecule has 0 saturated heterocycles. The molecular weight excluding hydrogens is 216 g/mol. The lowest BCUT2D eigenvalue weighted by molar-refractivity contribution is 1.22. The second kappa shape index (κ2) is 4.29. The minimum absolute atomic E-state index is 0. The van der Waals surface area contributed by atoms with E-state index in [2.05, 4.69) is 15.4 Å². The van der Waals surface area contributed by atoms with Crippen LogP contribution in [0.1, 0.15) is 7.43 Å². The van der Waals surface area contributed by atoms with Crippen LogP contribution in [-0.2, 0) is 0 Å². The van der Waals surface area contributed by atoms with Crippen LogP contribution < -0.4 is 16.8 Å². The highest BCUT2D eigenvalue weighted by molar-refractivity contribution is 6.30. The highest BCUT2D eigenvalue weighted by Crippen LogP contribution is 2.20. The normalized spacial score (nSPS) is 9.73. The molecule has 4 N–H and O–H groups in total. The molecule has 0 unspecified atom stereocenters. The number of hydrazine groups is 1. The van der Waals surface area contributed by atoms with Gasteiger partial charge in [0.2, 0.25) is 0 Å². The highest BCUT2D eigenvalue weighted by Gasteiger charge is 2.06. The Balaban J connectivity index is 0.00000112. The molecule has 5 nitrogen and oxygen atoms in total. The van der Waals surface area contributed by atoms with Gasteiger partial charge in [0.15, 0.2) is 5.82 Å². The molecule has 80 valence electrons. The number of aromatic amines is 1. The molecule has 0 aliphatic rings. The summed E-state index contributed by atoms with van der Waals surface area (Å²) in [6, 6.07) is 3.33. The lowest BCUT2D eigenvalue weighted by Gasteiger charge is -2.03. The Bertz CT molecular complexity index is 537. The van der Waals surface area contributed by atoms with Crippen molar-refractivity contribution in [2.24, 2.45) is 5.84 Å². The fraction of sp³-hybridized carbons (Fsp3) is 0.111. The molecule has 0 fully saturated rings. The molecule has 0 bridgehead atoms. The molecule has 0 radical (unpaired) electrons. The first-order valence-electron chi connectivity index (χ1n) is 3.87. The highest BCUT2D eigenvalue weighted by atomic mass is 35.5. The van der Waals surface area contributed by atoms with Gasteiger partial charge in [-0.1, -0.05) is 19.0 Å². The summed E-state index contributed by atoms with van der Waals surface area (Å²) in [5.74, 6) is 5.50. The number of H-pyrrole nitrogens is 1. The van der Waals surface area contributed by atoms with Crippen LogP contribution in [0.2, 0.25) is 5.15 Å². The number of anilines is 1. The zero-order valence-corrected chi connectivity index (χ0v) is 7.80. The van der Waals surface area contributed by atoms with Crippen molar-refractivity contribution in [1.29, 1.82) is 0 Å². The van der Waals surface area contributed by atoms with Gasteiger partial charge in [-0.05, 0) is 17.5 Å². The fourth-order valence-electron chi connectivity index (χ4n) is 1.29. The monoisotopic (exact) mass is 226 g/mol. The Labute approximate surface area is 91.2 Å². The van der Waals surface area contributed by atoms with Crippen LogP contribution in [0.15, 0.2) is 23.1 Å². The minimum atomic E-state index is -0.250. The average molecular weight is 227 g/mol.